The topological polar surface area (TPSA) is 50.9 Å². The molecule has 4 heteroatoms. The quantitative estimate of drug-likeness (QED) is 0.845. The van der Waals surface area contributed by atoms with Gasteiger partial charge in [0.25, 0.3) is 5.91 Å². The lowest BCUT2D eigenvalue weighted by Crippen LogP contribution is -2.20. The molecule has 1 fully saturated rings. The molecular formula is C20H23NO3. The summed E-state index contributed by atoms with van der Waals surface area (Å²) in [6.07, 6.45) is 0.235. The highest BCUT2D eigenvalue weighted by molar-refractivity contribution is 6.05. The Balaban J connectivity index is 1.68. The number of hydrogen-bond donors (Lipinski definition) is 1. The number of benzene rings is 2. The summed E-state index contributed by atoms with van der Waals surface area (Å²) in [6, 6.07) is 15.1. The van der Waals surface area contributed by atoms with Crippen molar-refractivity contribution >= 4 is 11.6 Å². The first-order valence-corrected chi connectivity index (χ1v) is 8.19. The van der Waals surface area contributed by atoms with Crippen molar-refractivity contribution in [2.75, 3.05) is 18.5 Å². The molecule has 3 rings (SSSR count). The predicted octanol–water partition coefficient (Wildman–Crippen LogP) is 4.01. The van der Waals surface area contributed by atoms with Crippen LogP contribution in [0.1, 0.15) is 36.7 Å². The van der Waals surface area contributed by atoms with Crippen molar-refractivity contribution in [2.24, 2.45) is 0 Å². The second-order valence-electron chi connectivity index (χ2n) is 7.04. The molecule has 1 heterocycles. The molecule has 0 aliphatic carbocycles. The summed E-state index contributed by atoms with van der Waals surface area (Å²) in [4.78, 5) is 12.6. The summed E-state index contributed by atoms with van der Waals surface area (Å²) in [5.41, 5.74) is 2.40. The molecule has 0 bridgehead atoms. The average molecular weight is 325 g/mol. The summed E-state index contributed by atoms with van der Waals surface area (Å²) < 4.78 is 10.7. The van der Waals surface area contributed by atoms with Gasteiger partial charge in [0.1, 0.15) is 18.5 Å². The van der Waals surface area contributed by atoms with Gasteiger partial charge in [0.2, 0.25) is 0 Å². The first-order chi connectivity index (χ1) is 11.4. The first kappa shape index (κ1) is 16.5. The first-order valence-electron chi connectivity index (χ1n) is 8.19. The van der Waals surface area contributed by atoms with E-state index < -0.39 is 0 Å². The number of carbonyl (C=O) groups is 1. The van der Waals surface area contributed by atoms with Crippen molar-refractivity contribution in [3.05, 3.63) is 59.7 Å². The van der Waals surface area contributed by atoms with Gasteiger partial charge in [0.15, 0.2) is 0 Å². The number of epoxide rings is 1. The number of nitrogens with one attached hydrogen (secondary N) is 1. The monoisotopic (exact) mass is 325 g/mol. The van der Waals surface area contributed by atoms with E-state index in [4.69, 9.17) is 9.47 Å². The highest BCUT2D eigenvalue weighted by Crippen LogP contribution is 2.26. The fourth-order valence-corrected chi connectivity index (χ4v) is 2.52. The average Bonchev–Trinajstić information content (AvgIpc) is 3.38. The molecule has 1 amide bonds. The SMILES string of the molecule is CC(C)(C)c1ccccc1C(=O)Nc1ccc(OCC2CO2)cc1. The molecule has 1 atom stereocenters. The molecule has 1 N–H and O–H groups in total. The van der Waals surface area contributed by atoms with E-state index in [2.05, 4.69) is 26.1 Å². The molecule has 2 aromatic carbocycles. The smallest absolute Gasteiger partial charge is 0.255 e. The Labute approximate surface area is 142 Å². The Morgan fingerprint density at radius 1 is 1.17 bits per heavy atom. The molecule has 126 valence electrons. The predicted molar refractivity (Wildman–Crippen MR) is 94.8 cm³/mol. The van der Waals surface area contributed by atoms with Gasteiger partial charge in [0, 0.05) is 11.3 Å². The molecule has 0 aromatic heterocycles. The molecule has 24 heavy (non-hydrogen) atoms. The van der Waals surface area contributed by atoms with Gasteiger partial charge in [-0.25, -0.2) is 0 Å². The third kappa shape index (κ3) is 4.15. The summed E-state index contributed by atoms with van der Waals surface area (Å²) in [5, 5.41) is 2.96. The van der Waals surface area contributed by atoms with Gasteiger partial charge < -0.3 is 14.8 Å². The fraction of sp³-hybridized carbons (Fsp3) is 0.350. The van der Waals surface area contributed by atoms with E-state index in [9.17, 15) is 4.79 Å². The van der Waals surface area contributed by atoms with Crippen LogP contribution in [-0.2, 0) is 10.2 Å². The molecule has 0 saturated carbocycles. The molecule has 1 aliphatic rings. The second kappa shape index (κ2) is 6.65. The van der Waals surface area contributed by atoms with Gasteiger partial charge in [0.05, 0.1) is 6.61 Å². The van der Waals surface area contributed by atoms with Gasteiger partial charge in [-0.3, -0.25) is 4.79 Å². The summed E-state index contributed by atoms with van der Waals surface area (Å²) in [6.45, 7) is 7.67. The Kier molecular flexibility index (Phi) is 4.58. The van der Waals surface area contributed by atoms with E-state index in [0.29, 0.717) is 12.2 Å². The van der Waals surface area contributed by atoms with Crippen LogP contribution in [0, 0.1) is 0 Å². The minimum atomic E-state index is -0.0967. The fourth-order valence-electron chi connectivity index (χ4n) is 2.52. The minimum absolute atomic E-state index is 0.0868. The van der Waals surface area contributed by atoms with Crippen LogP contribution in [0.3, 0.4) is 0 Å². The molecule has 2 aromatic rings. The van der Waals surface area contributed by atoms with Crippen LogP contribution in [0.25, 0.3) is 0 Å². The van der Waals surface area contributed by atoms with Crippen LogP contribution in [-0.4, -0.2) is 25.2 Å². The van der Waals surface area contributed by atoms with Gasteiger partial charge in [-0.05, 0) is 41.3 Å². The van der Waals surface area contributed by atoms with Crippen molar-refractivity contribution in [1.82, 2.24) is 0 Å². The van der Waals surface area contributed by atoms with Crippen LogP contribution in [0.5, 0.6) is 5.75 Å². The number of hydrogen-bond acceptors (Lipinski definition) is 3. The van der Waals surface area contributed by atoms with Crippen molar-refractivity contribution in [1.29, 1.82) is 0 Å². The highest BCUT2D eigenvalue weighted by Gasteiger charge is 2.23. The molecule has 4 nitrogen and oxygen atoms in total. The number of ether oxygens (including phenoxy) is 2. The maximum Gasteiger partial charge on any atom is 0.255 e. The van der Waals surface area contributed by atoms with Crippen LogP contribution < -0.4 is 10.1 Å². The van der Waals surface area contributed by atoms with E-state index in [-0.39, 0.29) is 17.4 Å². The lowest BCUT2D eigenvalue weighted by atomic mass is 9.83. The Bertz CT molecular complexity index is 712. The zero-order chi connectivity index (χ0) is 17.2. The normalized spacial score (nSPS) is 16.5. The lowest BCUT2D eigenvalue weighted by Gasteiger charge is -2.22. The maximum atomic E-state index is 12.6. The summed E-state index contributed by atoms with van der Waals surface area (Å²) in [7, 11) is 0. The standard InChI is InChI=1S/C20H23NO3/c1-20(2,3)18-7-5-4-6-17(18)19(22)21-14-8-10-15(11-9-14)23-12-16-13-24-16/h4-11,16H,12-13H2,1-3H3,(H,21,22). The molecule has 0 radical (unpaired) electrons. The number of carbonyl (C=O) groups excluding carboxylic acids is 1. The third-order valence-electron chi connectivity index (χ3n) is 3.93. The Morgan fingerprint density at radius 3 is 2.46 bits per heavy atom. The number of rotatable bonds is 5. The van der Waals surface area contributed by atoms with E-state index >= 15 is 0 Å². The number of amides is 1. The molecule has 0 spiro atoms. The minimum Gasteiger partial charge on any atom is -0.491 e. The molecule has 1 unspecified atom stereocenters. The highest BCUT2D eigenvalue weighted by atomic mass is 16.6. The van der Waals surface area contributed by atoms with Gasteiger partial charge in [-0.1, -0.05) is 39.0 Å². The largest absolute Gasteiger partial charge is 0.491 e. The van der Waals surface area contributed by atoms with Crippen molar-refractivity contribution in [3.8, 4) is 5.75 Å². The van der Waals surface area contributed by atoms with E-state index in [0.717, 1.165) is 23.6 Å². The van der Waals surface area contributed by atoms with Crippen LogP contribution in [0.4, 0.5) is 5.69 Å². The van der Waals surface area contributed by atoms with Crippen LogP contribution in [0.15, 0.2) is 48.5 Å². The summed E-state index contributed by atoms with van der Waals surface area (Å²) >= 11 is 0. The van der Waals surface area contributed by atoms with Crippen molar-refractivity contribution in [2.45, 2.75) is 32.3 Å². The van der Waals surface area contributed by atoms with Gasteiger partial charge >= 0.3 is 0 Å². The third-order valence-corrected chi connectivity index (χ3v) is 3.93. The van der Waals surface area contributed by atoms with Crippen molar-refractivity contribution < 1.29 is 14.3 Å². The molecular weight excluding hydrogens is 302 g/mol. The Morgan fingerprint density at radius 2 is 1.83 bits per heavy atom. The van der Waals surface area contributed by atoms with Crippen LogP contribution >= 0.6 is 0 Å². The van der Waals surface area contributed by atoms with Crippen LogP contribution in [0.2, 0.25) is 0 Å². The maximum absolute atomic E-state index is 12.6. The zero-order valence-corrected chi connectivity index (χ0v) is 14.3. The van der Waals surface area contributed by atoms with Gasteiger partial charge in [-0.15, -0.1) is 0 Å². The zero-order valence-electron chi connectivity index (χ0n) is 14.3. The van der Waals surface area contributed by atoms with Gasteiger partial charge in [-0.2, -0.15) is 0 Å². The molecule has 1 saturated heterocycles. The number of anilines is 1. The lowest BCUT2D eigenvalue weighted by molar-refractivity contribution is 0.102. The summed E-state index contributed by atoms with van der Waals surface area (Å²) in [5.74, 6) is 0.680. The van der Waals surface area contributed by atoms with E-state index in [1.54, 1.807) is 0 Å². The van der Waals surface area contributed by atoms with Crippen molar-refractivity contribution in [3.63, 3.8) is 0 Å². The van der Waals surface area contributed by atoms with E-state index in [1.807, 2.05) is 48.5 Å². The van der Waals surface area contributed by atoms with E-state index in [1.165, 1.54) is 0 Å². The Hall–Kier alpha value is -2.33. The second-order valence-corrected chi connectivity index (χ2v) is 7.04. The molecule has 1 aliphatic heterocycles.